The number of nitrogens with one attached hydrogen (secondary N) is 1. The molecule has 3 N–H and O–H groups in total. The summed E-state index contributed by atoms with van der Waals surface area (Å²) in [6, 6.07) is 1.93. The zero-order valence-electron chi connectivity index (χ0n) is 14.4. The summed E-state index contributed by atoms with van der Waals surface area (Å²) in [4.78, 5) is 35.2. The quantitative estimate of drug-likeness (QED) is 0.658. The lowest BCUT2D eigenvalue weighted by molar-refractivity contribution is -0.130. The number of hydrogen-bond donors (Lipinski definition) is 2. The predicted molar refractivity (Wildman–Crippen MR) is 93.6 cm³/mol. The van der Waals surface area contributed by atoms with Crippen molar-refractivity contribution in [1.82, 2.24) is 5.32 Å². The van der Waals surface area contributed by atoms with Gasteiger partial charge < -0.3 is 19.9 Å². The molecular weight excluding hydrogens is 396 g/mol. The van der Waals surface area contributed by atoms with Crippen molar-refractivity contribution in [3.8, 4) is 11.5 Å². The highest BCUT2D eigenvalue weighted by Gasteiger charge is 2.28. The molecule has 8 nitrogen and oxygen atoms in total. The molecule has 0 aliphatic carbocycles. The number of methoxy groups -OCH3 is 1. The van der Waals surface area contributed by atoms with Gasteiger partial charge in [-0.2, -0.15) is 0 Å². The van der Waals surface area contributed by atoms with E-state index in [2.05, 4.69) is 15.9 Å². The van der Waals surface area contributed by atoms with E-state index in [9.17, 15) is 14.4 Å². The summed E-state index contributed by atoms with van der Waals surface area (Å²) in [6.07, 6.45) is -1.17. The number of hydrogen-bond acceptors (Lipinski definition) is 6. The van der Waals surface area contributed by atoms with E-state index in [1.54, 1.807) is 20.8 Å². The molecule has 3 amide bonds. The minimum absolute atomic E-state index is 0.161. The molecule has 0 aliphatic rings. The summed E-state index contributed by atoms with van der Waals surface area (Å²) < 4.78 is 16.4. The molecular formula is C16H21BrN2O6. The van der Waals surface area contributed by atoms with Crippen LogP contribution in [0.25, 0.3) is 0 Å². The summed E-state index contributed by atoms with van der Waals surface area (Å²) in [5, 5.41) is 1.91. The normalized spacial score (nSPS) is 11.6. The molecule has 0 heterocycles. The van der Waals surface area contributed by atoms with Crippen molar-refractivity contribution in [3.05, 3.63) is 22.2 Å². The first-order chi connectivity index (χ1) is 11.7. The highest BCUT2D eigenvalue weighted by Crippen LogP contribution is 2.36. The van der Waals surface area contributed by atoms with Crippen molar-refractivity contribution >= 4 is 33.8 Å². The Balaban J connectivity index is 3.08. The maximum atomic E-state index is 12.4. The second kappa shape index (κ2) is 9.26. The van der Waals surface area contributed by atoms with Crippen LogP contribution < -0.4 is 20.5 Å². The molecule has 0 saturated carbocycles. The summed E-state index contributed by atoms with van der Waals surface area (Å²) in [5.74, 6) is -1.10. The van der Waals surface area contributed by atoms with Gasteiger partial charge in [0, 0.05) is 0 Å². The van der Waals surface area contributed by atoms with Crippen LogP contribution in [0.1, 0.15) is 31.1 Å². The Morgan fingerprint density at radius 3 is 2.40 bits per heavy atom. The molecule has 0 bridgehead atoms. The third-order valence-corrected chi connectivity index (χ3v) is 3.68. The van der Waals surface area contributed by atoms with Crippen molar-refractivity contribution in [2.45, 2.75) is 26.9 Å². The van der Waals surface area contributed by atoms with Crippen LogP contribution in [0.3, 0.4) is 0 Å². The van der Waals surface area contributed by atoms with Gasteiger partial charge in [-0.25, -0.2) is 9.59 Å². The van der Waals surface area contributed by atoms with Crippen molar-refractivity contribution in [1.29, 1.82) is 0 Å². The number of rotatable bonds is 7. The van der Waals surface area contributed by atoms with E-state index < -0.39 is 24.0 Å². The number of primary amides is 1. The molecule has 0 radical (unpaired) electrons. The Morgan fingerprint density at radius 2 is 1.92 bits per heavy atom. The fraction of sp³-hybridized carbons (Fsp3) is 0.438. The number of benzene rings is 1. The van der Waals surface area contributed by atoms with E-state index >= 15 is 0 Å². The van der Waals surface area contributed by atoms with Crippen molar-refractivity contribution in [2.24, 2.45) is 11.7 Å². The van der Waals surface area contributed by atoms with Crippen LogP contribution in [0, 0.1) is 5.92 Å². The molecule has 138 valence electrons. The van der Waals surface area contributed by atoms with E-state index in [0.717, 1.165) is 0 Å². The zero-order chi connectivity index (χ0) is 19.1. The third kappa shape index (κ3) is 5.63. The second-order valence-corrected chi connectivity index (χ2v) is 6.20. The van der Waals surface area contributed by atoms with Crippen molar-refractivity contribution in [2.75, 3.05) is 13.7 Å². The fourth-order valence-electron chi connectivity index (χ4n) is 2.02. The molecule has 1 atom stereocenters. The molecule has 9 heteroatoms. The lowest BCUT2D eigenvalue weighted by Gasteiger charge is -2.20. The summed E-state index contributed by atoms with van der Waals surface area (Å²) in [5.41, 5.74) is 5.09. The number of ether oxygens (including phenoxy) is 3. The van der Waals surface area contributed by atoms with Gasteiger partial charge in [0.1, 0.15) is 0 Å². The molecule has 0 aliphatic heterocycles. The first-order valence-electron chi connectivity index (χ1n) is 7.52. The fourth-order valence-corrected chi connectivity index (χ4v) is 2.62. The van der Waals surface area contributed by atoms with Gasteiger partial charge in [0.2, 0.25) is 0 Å². The minimum Gasteiger partial charge on any atom is -0.492 e. The molecule has 1 aromatic carbocycles. The molecule has 25 heavy (non-hydrogen) atoms. The number of carbonyl (C=O) groups excluding carboxylic acids is 3. The summed E-state index contributed by atoms with van der Waals surface area (Å²) >= 11 is 3.30. The lowest BCUT2D eigenvalue weighted by atomic mass is 10.1. The van der Waals surface area contributed by atoms with Gasteiger partial charge in [-0.3, -0.25) is 10.1 Å². The SMILES string of the molecule is CCOc1cc(C(=O)O[C@H](C(=O)NC(N)=O)C(C)C)cc(Br)c1OC. The van der Waals surface area contributed by atoms with Crippen LogP contribution in [0.15, 0.2) is 16.6 Å². The molecule has 1 aromatic rings. The largest absolute Gasteiger partial charge is 0.492 e. The number of urea groups is 1. The van der Waals surface area contributed by atoms with E-state index in [-0.39, 0.29) is 11.5 Å². The van der Waals surface area contributed by atoms with Crippen LogP contribution in [-0.2, 0) is 9.53 Å². The number of nitrogens with two attached hydrogens (primary N) is 1. The van der Waals surface area contributed by atoms with Gasteiger partial charge in [0.05, 0.1) is 23.8 Å². The van der Waals surface area contributed by atoms with Crippen molar-refractivity contribution < 1.29 is 28.6 Å². The summed E-state index contributed by atoms with van der Waals surface area (Å²) in [7, 11) is 1.48. The number of carbonyl (C=O) groups is 3. The van der Waals surface area contributed by atoms with E-state index in [0.29, 0.717) is 22.6 Å². The average molecular weight is 417 g/mol. The number of halogens is 1. The second-order valence-electron chi connectivity index (χ2n) is 5.35. The van der Waals surface area contributed by atoms with E-state index in [4.69, 9.17) is 19.9 Å². The Bertz CT molecular complexity index is 662. The highest BCUT2D eigenvalue weighted by atomic mass is 79.9. The lowest BCUT2D eigenvalue weighted by Crippen LogP contribution is -2.45. The van der Waals surface area contributed by atoms with Crippen LogP contribution in [0.2, 0.25) is 0 Å². The van der Waals surface area contributed by atoms with Crippen LogP contribution >= 0.6 is 15.9 Å². The van der Waals surface area contributed by atoms with Crippen LogP contribution in [0.5, 0.6) is 11.5 Å². The van der Waals surface area contributed by atoms with E-state index in [1.165, 1.54) is 19.2 Å². The van der Waals surface area contributed by atoms with Gasteiger partial charge >= 0.3 is 12.0 Å². The monoisotopic (exact) mass is 416 g/mol. The van der Waals surface area contributed by atoms with E-state index in [1.807, 2.05) is 5.32 Å². The van der Waals surface area contributed by atoms with Crippen LogP contribution in [-0.4, -0.2) is 37.7 Å². The molecule has 0 fully saturated rings. The maximum Gasteiger partial charge on any atom is 0.339 e. The maximum absolute atomic E-state index is 12.4. The first-order valence-corrected chi connectivity index (χ1v) is 8.32. The topological polar surface area (TPSA) is 117 Å². The Hall–Kier alpha value is -2.29. The number of amides is 3. The third-order valence-electron chi connectivity index (χ3n) is 3.09. The standard InChI is InChI=1S/C16H21BrN2O6/c1-5-24-11-7-9(6-10(17)13(11)23-4)15(21)25-12(8(2)3)14(20)19-16(18)22/h6-8,12H,5H2,1-4H3,(H3,18,19,20,22)/t12-/m0/s1. The molecule has 0 spiro atoms. The van der Waals surface area contributed by atoms with Gasteiger partial charge in [-0.05, 0) is 40.9 Å². The Kier molecular flexibility index (Phi) is 7.69. The van der Waals surface area contributed by atoms with Gasteiger partial charge in [0.15, 0.2) is 17.6 Å². The predicted octanol–water partition coefficient (Wildman–Crippen LogP) is 2.23. The van der Waals surface area contributed by atoms with Gasteiger partial charge in [0.25, 0.3) is 5.91 Å². The molecule has 0 aromatic heterocycles. The molecule has 1 rings (SSSR count). The summed E-state index contributed by atoms with van der Waals surface area (Å²) in [6.45, 7) is 5.51. The van der Waals surface area contributed by atoms with Gasteiger partial charge in [-0.1, -0.05) is 13.8 Å². The van der Waals surface area contributed by atoms with Gasteiger partial charge in [-0.15, -0.1) is 0 Å². The zero-order valence-corrected chi connectivity index (χ0v) is 16.0. The smallest absolute Gasteiger partial charge is 0.339 e. The first kappa shape index (κ1) is 20.8. The number of imide groups is 1. The van der Waals surface area contributed by atoms with Crippen LogP contribution in [0.4, 0.5) is 4.79 Å². The highest BCUT2D eigenvalue weighted by molar-refractivity contribution is 9.10. The number of esters is 1. The minimum atomic E-state index is -1.17. The Morgan fingerprint density at radius 1 is 1.28 bits per heavy atom. The average Bonchev–Trinajstić information content (AvgIpc) is 2.51. The molecule has 0 saturated heterocycles. The van der Waals surface area contributed by atoms with Crippen molar-refractivity contribution in [3.63, 3.8) is 0 Å². The molecule has 0 unspecified atom stereocenters. The Labute approximate surface area is 154 Å².